The van der Waals surface area contributed by atoms with E-state index >= 15 is 0 Å². The largest absolute Gasteiger partial charge is 0.462 e. The fraction of sp³-hybridized carbons (Fsp3) is 0.333. The Morgan fingerprint density at radius 2 is 2.22 bits per heavy atom. The van der Waals surface area contributed by atoms with Crippen LogP contribution in [0, 0.1) is 0 Å². The molecule has 0 aromatic carbocycles. The van der Waals surface area contributed by atoms with Crippen LogP contribution in [-0.4, -0.2) is 23.5 Å². The van der Waals surface area contributed by atoms with Gasteiger partial charge in [-0.3, -0.25) is 9.52 Å². The van der Waals surface area contributed by atoms with E-state index in [0.717, 1.165) is 7.11 Å². The SMILES string of the molecule is COC(=O)C(=O)NSO. The van der Waals surface area contributed by atoms with E-state index in [2.05, 4.69) is 4.74 Å². The first-order valence-electron chi connectivity index (χ1n) is 1.91. The lowest BCUT2D eigenvalue weighted by Gasteiger charge is -1.94. The van der Waals surface area contributed by atoms with E-state index in [0.29, 0.717) is 0 Å². The predicted molar refractivity (Wildman–Crippen MR) is 30.4 cm³/mol. The molecule has 0 aliphatic carbocycles. The molecular weight excluding hydrogens is 146 g/mol. The van der Waals surface area contributed by atoms with Crippen LogP contribution in [0.3, 0.4) is 0 Å². The number of methoxy groups -OCH3 is 1. The van der Waals surface area contributed by atoms with Gasteiger partial charge in [-0.2, -0.15) is 0 Å². The number of carbonyl (C=O) groups is 2. The summed E-state index contributed by atoms with van der Waals surface area (Å²) in [6.07, 6.45) is 0. The van der Waals surface area contributed by atoms with E-state index in [9.17, 15) is 9.59 Å². The van der Waals surface area contributed by atoms with Gasteiger partial charge < -0.3 is 9.29 Å². The van der Waals surface area contributed by atoms with Crippen molar-refractivity contribution in [3.63, 3.8) is 0 Å². The van der Waals surface area contributed by atoms with Crippen LogP contribution in [0.1, 0.15) is 0 Å². The summed E-state index contributed by atoms with van der Waals surface area (Å²) < 4.78 is 13.7. The smallest absolute Gasteiger partial charge is 0.397 e. The van der Waals surface area contributed by atoms with Gasteiger partial charge in [0.2, 0.25) is 0 Å². The molecule has 0 aromatic rings. The molecule has 0 heterocycles. The minimum atomic E-state index is -1.03. The molecule has 0 unspecified atom stereocenters. The maximum absolute atomic E-state index is 10.2. The third-order valence-electron chi connectivity index (χ3n) is 0.509. The summed E-state index contributed by atoms with van der Waals surface area (Å²) in [5, 5.41) is 0. The van der Waals surface area contributed by atoms with E-state index in [4.69, 9.17) is 4.55 Å². The molecule has 0 spiro atoms. The molecule has 0 saturated heterocycles. The summed E-state index contributed by atoms with van der Waals surface area (Å²) in [5.41, 5.74) is 0. The molecule has 6 heteroatoms. The Kier molecular flexibility index (Phi) is 3.81. The quantitative estimate of drug-likeness (QED) is 0.226. The Labute approximate surface area is 55.7 Å². The number of esters is 1. The number of hydrogen-bond donors (Lipinski definition) is 2. The summed E-state index contributed by atoms with van der Waals surface area (Å²) in [7, 11) is 1.07. The van der Waals surface area contributed by atoms with Crippen LogP contribution in [0.25, 0.3) is 0 Å². The van der Waals surface area contributed by atoms with Gasteiger partial charge in [0.1, 0.15) is 12.2 Å². The lowest BCUT2D eigenvalue weighted by molar-refractivity contribution is -0.151. The van der Waals surface area contributed by atoms with Crippen LogP contribution in [0.4, 0.5) is 0 Å². The van der Waals surface area contributed by atoms with E-state index in [1.165, 1.54) is 0 Å². The van der Waals surface area contributed by atoms with Crippen molar-refractivity contribution in [3.05, 3.63) is 0 Å². The Balaban J connectivity index is 3.60. The molecule has 0 aliphatic heterocycles. The fourth-order valence-electron chi connectivity index (χ4n) is 0.176. The molecule has 0 aromatic heterocycles. The normalized spacial score (nSPS) is 8.22. The van der Waals surface area contributed by atoms with Gasteiger partial charge in [0.15, 0.2) is 0 Å². The van der Waals surface area contributed by atoms with Crippen molar-refractivity contribution < 1.29 is 18.9 Å². The van der Waals surface area contributed by atoms with Gasteiger partial charge in [0, 0.05) is 0 Å². The molecule has 0 rings (SSSR count). The lowest BCUT2D eigenvalue weighted by Crippen LogP contribution is -2.26. The van der Waals surface area contributed by atoms with E-state index in [-0.39, 0.29) is 12.2 Å². The molecule has 5 nitrogen and oxygen atoms in total. The number of rotatable bonds is 1. The van der Waals surface area contributed by atoms with Gasteiger partial charge in [-0.15, -0.1) is 0 Å². The first kappa shape index (κ1) is 8.25. The molecule has 0 saturated carbocycles. The van der Waals surface area contributed by atoms with Crippen LogP contribution in [-0.2, 0) is 14.3 Å². The zero-order valence-electron chi connectivity index (χ0n) is 4.58. The maximum Gasteiger partial charge on any atom is 0.397 e. The highest BCUT2D eigenvalue weighted by Gasteiger charge is 2.11. The van der Waals surface area contributed by atoms with Crippen molar-refractivity contribution in [3.8, 4) is 0 Å². The van der Waals surface area contributed by atoms with Gasteiger partial charge in [-0.1, -0.05) is 0 Å². The Hall–Kier alpha value is -0.750. The maximum atomic E-state index is 10.2. The first-order chi connectivity index (χ1) is 4.22. The molecule has 0 radical (unpaired) electrons. The van der Waals surface area contributed by atoms with Gasteiger partial charge in [-0.25, -0.2) is 4.79 Å². The van der Waals surface area contributed by atoms with Crippen LogP contribution in [0.2, 0.25) is 0 Å². The molecule has 0 bridgehead atoms. The second-order valence-corrected chi connectivity index (χ2v) is 1.40. The van der Waals surface area contributed by atoms with Crippen molar-refractivity contribution in [2.45, 2.75) is 0 Å². The van der Waals surface area contributed by atoms with E-state index in [1.54, 1.807) is 4.72 Å². The monoisotopic (exact) mass is 151 g/mol. The summed E-state index contributed by atoms with van der Waals surface area (Å²) in [6, 6.07) is 0. The van der Waals surface area contributed by atoms with Gasteiger partial charge in [0.05, 0.1) is 7.11 Å². The van der Waals surface area contributed by atoms with E-state index < -0.39 is 11.9 Å². The molecule has 0 aliphatic rings. The van der Waals surface area contributed by atoms with Crippen molar-refractivity contribution in [2.24, 2.45) is 0 Å². The highest BCUT2D eigenvalue weighted by molar-refractivity contribution is 7.92. The third-order valence-corrected chi connectivity index (χ3v) is 0.786. The molecule has 9 heavy (non-hydrogen) atoms. The number of nitrogens with one attached hydrogen (secondary N) is 1. The summed E-state index contributed by atoms with van der Waals surface area (Å²) in [6.45, 7) is 0. The Morgan fingerprint density at radius 1 is 1.67 bits per heavy atom. The summed E-state index contributed by atoms with van der Waals surface area (Å²) >= 11 is 0.0531. The third kappa shape index (κ3) is 2.94. The Morgan fingerprint density at radius 3 is 2.56 bits per heavy atom. The molecule has 1 amide bonds. The second-order valence-electron chi connectivity index (χ2n) is 1.01. The highest BCUT2D eigenvalue weighted by atomic mass is 32.2. The van der Waals surface area contributed by atoms with Crippen LogP contribution >= 0.6 is 12.2 Å². The van der Waals surface area contributed by atoms with Crippen molar-refractivity contribution >= 4 is 24.1 Å². The number of carbonyl (C=O) groups excluding carboxylic acids is 2. The standard InChI is InChI=1S/C3H5NO4S/c1-8-3(6)2(5)4-9-7/h7H,1H3,(H,4,5). The average Bonchev–Trinajstić information content (AvgIpc) is 1.87. The molecule has 52 valence electrons. The molecular formula is C3H5NO4S. The average molecular weight is 151 g/mol. The Bertz CT molecular complexity index is 125. The van der Waals surface area contributed by atoms with Crippen molar-refractivity contribution in [2.75, 3.05) is 7.11 Å². The first-order valence-corrected chi connectivity index (χ1v) is 2.68. The van der Waals surface area contributed by atoms with Crippen LogP contribution < -0.4 is 4.72 Å². The van der Waals surface area contributed by atoms with Gasteiger partial charge >= 0.3 is 11.9 Å². The van der Waals surface area contributed by atoms with Crippen LogP contribution in [0.5, 0.6) is 0 Å². The van der Waals surface area contributed by atoms with E-state index in [1.807, 2.05) is 0 Å². The van der Waals surface area contributed by atoms with Gasteiger partial charge in [-0.05, 0) is 0 Å². The van der Waals surface area contributed by atoms with Crippen LogP contribution in [0.15, 0.2) is 0 Å². The fourth-order valence-corrected chi connectivity index (χ4v) is 0.342. The zero-order chi connectivity index (χ0) is 7.28. The number of ether oxygens (including phenoxy) is 1. The minimum Gasteiger partial charge on any atom is -0.462 e. The zero-order valence-corrected chi connectivity index (χ0v) is 5.40. The van der Waals surface area contributed by atoms with Crippen molar-refractivity contribution in [1.82, 2.24) is 4.72 Å². The topological polar surface area (TPSA) is 75.6 Å². The molecule has 2 N–H and O–H groups in total. The minimum absolute atomic E-state index is 0.0531. The predicted octanol–water partition coefficient (Wildman–Crippen LogP) is -0.603. The lowest BCUT2D eigenvalue weighted by atomic mass is 10.7. The van der Waals surface area contributed by atoms with Gasteiger partial charge in [0.25, 0.3) is 0 Å². The highest BCUT2D eigenvalue weighted by Crippen LogP contribution is 1.82. The molecule has 0 atom stereocenters. The molecule has 0 fully saturated rings. The summed E-state index contributed by atoms with van der Waals surface area (Å²) in [4.78, 5) is 20.4. The second kappa shape index (κ2) is 4.16. The number of hydrogen-bond acceptors (Lipinski definition) is 5. The summed E-state index contributed by atoms with van der Waals surface area (Å²) in [5.74, 6) is -2.01. The van der Waals surface area contributed by atoms with Crippen molar-refractivity contribution in [1.29, 1.82) is 0 Å². The number of amides is 1.